The molecule has 0 saturated heterocycles. The second-order valence-corrected chi connectivity index (χ2v) is 10.5. The third-order valence-electron chi connectivity index (χ3n) is 7.95. The van der Waals surface area contributed by atoms with Crippen LogP contribution in [0, 0.1) is 17.8 Å². The maximum atomic E-state index is 5.01. The second-order valence-electron chi connectivity index (χ2n) is 10.5. The number of hydrogen-bond acceptors (Lipinski definition) is 6. The number of fused-ring (bicyclic) bond motifs is 1. The highest BCUT2D eigenvalue weighted by Crippen LogP contribution is 2.56. The number of nitrogens with one attached hydrogen (secondary N) is 2. The van der Waals surface area contributed by atoms with Crippen LogP contribution in [0.15, 0.2) is 30.5 Å². The summed E-state index contributed by atoms with van der Waals surface area (Å²) in [7, 11) is 0. The monoisotopic (exact) mass is 415 g/mol. The lowest BCUT2D eigenvalue weighted by Gasteiger charge is -2.57. The Hall–Kier alpha value is -2.70. The van der Waals surface area contributed by atoms with Crippen molar-refractivity contribution in [2.45, 2.75) is 69.4 Å². The van der Waals surface area contributed by atoms with E-state index in [1.165, 1.54) is 51.4 Å². The summed E-state index contributed by atoms with van der Waals surface area (Å²) in [6.07, 6.45) is 12.4. The summed E-state index contributed by atoms with van der Waals surface area (Å²) in [5.41, 5.74) is 3.03. The van der Waals surface area contributed by atoms with Gasteiger partial charge in [-0.1, -0.05) is 6.07 Å². The van der Waals surface area contributed by atoms with Crippen LogP contribution in [-0.2, 0) is 6.54 Å². The highest BCUT2D eigenvalue weighted by atomic mass is 15.4. The normalized spacial score (nSPS) is 31.3. The van der Waals surface area contributed by atoms with Crippen molar-refractivity contribution in [2.75, 3.05) is 10.6 Å². The van der Waals surface area contributed by atoms with Gasteiger partial charge in [-0.05, 0) is 81.3 Å². The molecule has 0 unspecified atom stereocenters. The van der Waals surface area contributed by atoms with Crippen molar-refractivity contribution in [1.29, 1.82) is 0 Å². The molecule has 3 heterocycles. The standard InChI is InChI=1S/C24H29N7/c1-2-6-25-19(3-1)14-26-20-10-21(30-31-22(18-4-5-18)28-29-23(20)31)27-24-11-15-7-16(12-24)9-17(8-15)13-24/h1-3,6,10,15-18,26H,4-5,7-9,11-14H2,(H,27,30). The van der Waals surface area contributed by atoms with Gasteiger partial charge in [-0.3, -0.25) is 4.98 Å². The topological polar surface area (TPSA) is 80.0 Å². The van der Waals surface area contributed by atoms with Gasteiger partial charge in [0.2, 0.25) is 5.65 Å². The Bertz CT molecular complexity index is 1080. The number of hydrogen-bond donors (Lipinski definition) is 2. The summed E-state index contributed by atoms with van der Waals surface area (Å²) in [5, 5.41) is 21.5. The first-order valence-corrected chi connectivity index (χ1v) is 11.9. The van der Waals surface area contributed by atoms with Crippen LogP contribution < -0.4 is 10.6 Å². The van der Waals surface area contributed by atoms with Crippen molar-refractivity contribution >= 4 is 17.2 Å². The van der Waals surface area contributed by atoms with E-state index in [0.717, 1.165) is 46.4 Å². The van der Waals surface area contributed by atoms with E-state index in [0.29, 0.717) is 12.5 Å². The number of rotatable bonds is 6. The molecule has 0 amide bonds. The van der Waals surface area contributed by atoms with Crippen LogP contribution in [-0.4, -0.2) is 30.3 Å². The van der Waals surface area contributed by atoms with Crippen molar-refractivity contribution < 1.29 is 0 Å². The summed E-state index contributed by atoms with van der Waals surface area (Å²) < 4.78 is 1.99. The fraction of sp³-hybridized carbons (Fsp3) is 0.583. The molecule has 5 fully saturated rings. The predicted octanol–water partition coefficient (Wildman–Crippen LogP) is 4.39. The van der Waals surface area contributed by atoms with E-state index in [1.807, 2.05) is 28.9 Å². The fourth-order valence-corrected chi connectivity index (χ4v) is 6.91. The molecule has 5 saturated carbocycles. The average molecular weight is 416 g/mol. The number of pyridine rings is 1. The first-order valence-electron chi connectivity index (χ1n) is 11.9. The van der Waals surface area contributed by atoms with Gasteiger partial charge in [-0.2, -0.15) is 4.52 Å². The SMILES string of the molecule is c1ccc(CNc2cc(NC34CC5CC(CC(C5)C3)C4)nn3c(C4CC4)nnc23)nc1. The molecule has 0 atom stereocenters. The molecular formula is C24H29N7. The molecule has 4 bridgehead atoms. The summed E-state index contributed by atoms with van der Waals surface area (Å²) in [4.78, 5) is 4.45. The van der Waals surface area contributed by atoms with Crippen LogP contribution in [0.2, 0.25) is 0 Å². The fourth-order valence-electron chi connectivity index (χ4n) is 6.91. The summed E-state index contributed by atoms with van der Waals surface area (Å²) in [6.45, 7) is 0.656. The van der Waals surface area contributed by atoms with Gasteiger partial charge in [0.15, 0.2) is 5.82 Å². The molecule has 3 aromatic heterocycles. The van der Waals surface area contributed by atoms with E-state index in [1.54, 1.807) is 0 Å². The predicted molar refractivity (Wildman–Crippen MR) is 119 cm³/mol. The van der Waals surface area contributed by atoms with E-state index in [2.05, 4.69) is 31.9 Å². The smallest absolute Gasteiger partial charge is 0.201 e. The zero-order valence-electron chi connectivity index (χ0n) is 17.8. The van der Waals surface area contributed by atoms with Crippen LogP contribution in [0.3, 0.4) is 0 Å². The molecule has 0 aromatic carbocycles. The van der Waals surface area contributed by atoms with Gasteiger partial charge in [0.1, 0.15) is 5.82 Å². The van der Waals surface area contributed by atoms with Crippen molar-refractivity contribution in [3.8, 4) is 0 Å². The minimum absolute atomic E-state index is 0.224. The molecule has 31 heavy (non-hydrogen) atoms. The van der Waals surface area contributed by atoms with E-state index >= 15 is 0 Å². The Kier molecular flexibility index (Phi) is 3.84. The molecule has 160 valence electrons. The van der Waals surface area contributed by atoms with E-state index in [4.69, 9.17) is 5.10 Å². The zero-order chi connectivity index (χ0) is 20.4. The molecule has 5 aliphatic carbocycles. The molecule has 8 rings (SSSR count). The number of aromatic nitrogens is 5. The third kappa shape index (κ3) is 3.17. The lowest BCUT2D eigenvalue weighted by molar-refractivity contribution is 0.0105. The van der Waals surface area contributed by atoms with Crippen LogP contribution in [0.5, 0.6) is 0 Å². The van der Waals surface area contributed by atoms with Crippen LogP contribution in [0.1, 0.15) is 68.8 Å². The lowest BCUT2D eigenvalue weighted by atomic mass is 9.53. The maximum absolute atomic E-state index is 5.01. The quantitative estimate of drug-likeness (QED) is 0.622. The van der Waals surface area contributed by atoms with E-state index in [9.17, 15) is 0 Å². The van der Waals surface area contributed by atoms with Crippen LogP contribution >= 0.6 is 0 Å². The molecule has 0 aliphatic heterocycles. The molecule has 7 nitrogen and oxygen atoms in total. The van der Waals surface area contributed by atoms with Crippen LogP contribution in [0.25, 0.3) is 5.65 Å². The van der Waals surface area contributed by atoms with Crippen molar-refractivity contribution in [3.63, 3.8) is 0 Å². The largest absolute Gasteiger partial charge is 0.376 e. The summed E-state index contributed by atoms with van der Waals surface area (Å²) >= 11 is 0. The van der Waals surface area contributed by atoms with Gasteiger partial charge in [0.05, 0.1) is 17.9 Å². The van der Waals surface area contributed by atoms with Gasteiger partial charge >= 0.3 is 0 Å². The number of nitrogens with zero attached hydrogens (tertiary/aromatic N) is 5. The van der Waals surface area contributed by atoms with Crippen molar-refractivity contribution in [1.82, 2.24) is 24.8 Å². The molecule has 7 heteroatoms. The molecule has 5 aliphatic rings. The highest BCUT2D eigenvalue weighted by molar-refractivity contribution is 5.70. The zero-order valence-corrected chi connectivity index (χ0v) is 17.8. The Balaban J connectivity index is 1.24. The lowest BCUT2D eigenvalue weighted by Crippen LogP contribution is -2.54. The highest BCUT2D eigenvalue weighted by Gasteiger charge is 2.51. The molecule has 0 radical (unpaired) electrons. The van der Waals surface area contributed by atoms with E-state index < -0.39 is 0 Å². The summed E-state index contributed by atoms with van der Waals surface area (Å²) in [5.74, 6) is 5.18. The maximum Gasteiger partial charge on any atom is 0.201 e. The Labute approximate surface area is 182 Å². The molecule has 3 aromatic rings. The minimum Gasteiger partial charge on any atom is -0.376 e. The Morgan fingerprint density at radius 2 is 1.77 bits per heavy atom. The van der Waals surface area contributed by atoms with Gasteiger partial charge in [-0.25, -0.2) is 0 Å². The first-order chi connectivity index (χ1) is 15.2. The van der Waals surface area contributed by atoms with Gasteiger partial charge in [0, 0.05) is 23.7 Å². The molecule has 2 N–H and O–H groups in total. The number of anilines is 2. The third-order valence-corrected chi connectivity index (χ3v) is 7.95. The second kappa shape index (κ2) is 6.65. The molecule has 0 spiro atoms. The van der Waals surface area contributed by atoms with E-state index in [-0.39, 0.29) is 5.54 Å². The van der Waals surface area contributed by atoms with Gasteiger partial charge in [0.25, 0.3) is 0 Å². The molecular weight excluding hydrogens is 386 g/mol. The van der Waals surface area contributed by atoms with Gasteiger partial charge < -0.3 is 10.6 Å². The van der Waals surface area contributed by atoms with Crippen LogP contribution in [0.4, 0.5) is 11.5 Å². The van der Waals surface area contributed by atoms with Gasteiger partial charge in [-0.15, -0.1) is 15.3 Å². The van der Waals surface area contributed by atoms with Crippen molar-refractivity contribution in [3.05, 3.63) is 42.0 Å². The first kappa shape index (κ1) is 17.9. The average Bonchev–Trinajstić information content (AvgIpc) is 3.50. The summed E-state index contributed by atoms with van der Waals surface area (Å²) in [6, 6.07) is 8.15. The van der Waals surface area contributed by atoms with Crippen molar-refractivity contribution in [2.24, 2.45) is 17.8 Å². The Morgan fingerprint density at radius 1 is 1.00 bits per heavy atom. The minimum atomic E-state index is 0.224. The Morgan fingerprint density at radius 3 is 2.45 bits per heavy atom.